The Kier molecular flexibility index (Phi) is 6.29. The van der Waals surface area contributed by atoms with E-state index in [1.807, 2.05) is 36.6 Å². The summed E-state index contributed by atoms with van der Waals surface area (Å²) in [5.74, 6) is 1.20. The highest BCUT2D eigenvalue weighted by Gasteiger charge is 2.20. The molecule has 7 nitrogen and oxygen atoms in total. The number of benzene rings is 1. The smallest absolute Gasteiger partial charge is 0.267 e. The van der Waals surface area contributed by atoms with E-state index in [-0.39, 0.29) is 18.2 Å². The lowest BCUT2D eigenvalue weighted by Crippen LogP contribution is -2.32. The molecule has 3 heterocycles. The van der Waals surface area contributed by atoms with Crippen molar-refractivity contribution in [2.75, 3.05) is 25.1 Å². The summed E-state index contributed by atoms with van der Waals surface area (Å²) in [7, 11) is 0. The number of thiazole rings is 1. The molecular formula is C21H21N3O4S2. The third-order valence-electron chi connectivity index (χ3n) is 4.59. The summed E-state index contributed by atoms with van der Waals surface area (Å²) >= 11 is 2.68. The van der Waals surface area contributed by atoms with E-state index in [4.69, 9.17) is 9.47 Å². The zero-order chi connectivity index (χ0) is 20.9. The largest absolute Gasteiger partial charge is 0.486 e. The summed E-state index contributed by atoms with van der Waals surface area (Å²) < 4.78 is 11.4. The quantitative estimate of drug-likeness (QED) is 0.600. The molecule has 1 aromatic carbocycles. The molecule has 0 unspecified atom stereocenters. The van der Waals surface area contributed by atoms with Crippen molar-refractivity contribution in [3.63, 3.8) is 0 Å². The van der Waals surface area contributed by atoms with Gasteiger partial charge in [-0.05, 0) is 24.4 Å². The van der Waals surface area contributed by atoms with Crippen LogP contribution >= 0.6 is 22.7 Å². The monoisotopic (exact) mass is 443 g/mol. The van der Waals surface area contributed by atoms with Crippen LogP contribution in [0.2, 0.25) is 0 Å². The minimum atomic E-state index is -0.191. The van der Waals surface area contributed by atoms with Crippen molar-refractivity contribution in [2.45, 2.75) is 19.9 Å². The number of thiophene rings is 1. The lowest BCUT2D eigenvalue weighted by molar-refractivity contribution is -0.130. The Morgan fingerprint density at radius 1 is 1.17 bits per heavy atom. The third-order valence-corrected chi connectivity index (χ3v) is 6.27. The molecule has 3 aromatic rings. The molecule has 30 heavy (non-hydrogen) atoms. The molecule has 1 aliphatic rings. The number of para-hydroxylation sites is 1. The third kappa shape index (κ3) is 4.63. The van der Waals surface area contributed by atoms with Crippen LogP contribution in [0.3, 0.4) is 0 Å². The van der Waals surface area contributed by atoms with Gasteiger partial charge in [0.2, 0.25) is 5.91 Å². The van der Waals surface area contributed by atoms with Crippen LogP contribution in [0.5, 0.6) is 11.5 Å². The van der Waals surface area contributed by atoms with Crippen LogP contribution in [-0.2, 0) is 17.8 Å². The number of hydrogen-bond donors (Lipinski definition) is 1. The van der Waals surface area contributed by atoms with Gasteiger partial charge >= 0.3 is 0 Å². The van der Waals surface area contributed by atoms with Gasteiger partial charge in [-0.2, -0.15) is 0 Å². The van der Waals surface area contributed by atoms with E-state index in [0.29, 0.717) is 53.5 Å². The fourth-order valence-corrected chi connectivity index (χ4v) is 4.44. The van der Waals surface area contributed by atoms with Crippen LogP contribution in [0.25, 0.3) is 0 Å². The predicted molar refractivity (Wildman–Crippen MR) is 117 cm³/mol. The van der Waals surface area contributed by atoms with Gasteiger partial charge in [0.25, 0.3) is 5.91 Å². The van der Waals surface area contributed by atoms with Gasteiger partial charge in [0.05, 0.1) is 17.0 Å². The molecule has 0 radical (unpaired) electrons. The summed E-state index contributed by atoms with van der Waals surface area (Å²) in [5.41, 5.74) is 1.56. The number of amides is 2. The topological polar surface area (TPSA) is 80.8 Å². The number of nitrogens with one attached hydrogen (secondary N) is 1. The van der Waals surface area contributed by atoms with Crippen LogP contribution in [-0.4, -0.2) is 41.5 Å². The van der Waals surface area contributed by atoms with Crippen LogP contribution in [0.15, 0.2) is 41.1 Å². The minimum absolute atomic E-state index is 0.0340. The number of rotatable bonds is 7. The SMILES string of the molecule is CCN(Cc1cccc2c1OCCO2)C(=O)Cc1csc(NC(=O)c2cccs2)n1. The second kappa shape index (κ2) is 9.27. The molecule has 156 valence electrons. The molecule has 0 atom stereocenters. The maximum Gasteiger partial charge on any atom is 0.267 e. The molecular weight excluding hydrogens is 422 g/mol. The highest BCUT2D eigenvalue weighted by atomic mass is 32.1. The van der Waals surface area contributed by atoms with E-state index < -0.39 is 0 Å². The maximum absolute atomic E-state index is 12.9. The van der Waals surface area contributed by atoms with Gasteiger partial charge < -0.3 is 14.4 Å². The number of carbonyl (C=O) groups is 2. The lowest BCUT2D eigenvalue weighted by Gasteiger charge is -2.25. The lowest BCUT2D eigenvalue weighted by atomic mass is 10.1. The molecule has 0 bridgehead atoms. The van der Waals surface area contributed by atoms with Crippen LogP contribution in [0.4, 0.5) is 5.13 Å². The second-order valence-corrected chi connectivity index (χ2v) is 8.41. The van der Waals surface area contributed by atoms with Gasteiger partial charge in [-0.15, -0.1) is 22.7 Å². The Morgan fingerprint density at radius 2 is 2.03 bits per heavy atom. The molecule has 0 saturated carbocycles. The van der Waals surface area contributed by atoms with E-state index in [2.05, 4.69) is 10.3 Å². The van der Waals surface area contributed by atoms with Crippen LogP contribution in [0, 0.1) is 0 Å². The molecule has 0 aliphatic carbocycles. The highest BCUT2D eigenvalue weighted by Crippen LogP contribution is 2.34. The Bertz CT molecular complexity index is 1030. The van der Waals surface area contributed by atoms with Crippen molar-refractivity contribution >= 4 is 39.6 Å². The predicted octanol–water partition coefficient (Wildman–Crippen LogP) is 3.82. The summed E-state index contributed by atoms with van der Waals surface area (Å²) in [5, 5.41) is 6.92. The first kappa shape index (κ1) is 20.4. The Labute approximate surface area is 182 Å². The Balaban J connectivity index is 1.39. The molecule has 9 heteroatoms. The normalized spacial score (nSPS) is 12.4. The van der Waals surface area contributed by atoms with Crippen molar-refractivity contribution in [1.82, 2.24) is 9.88 Å². The molecule has 2 aromatic heterocycles. The van der Waals surface area contributed by atoms with E-state index in [1.54, 1.807) is 16.3 Å². The molecule has 1 aliphatic heterocycles. The molecule has 0 saturated heterocycles. The Hall–Kier alpha value is -2.91. The first-order valence-corrected chi connectivity index (χ1v) is 11.3. The zero-order valence-corrected chi connectivity index (χ0v) is 18.1. The molecule has 2 amide bonds. The van der Waals surface area contributed by atoms with Crippen molar-refractivity contribution in [2.24, 2.45) is 0 Å². The van der Waals surface area contributed by atoms with Gasteiger partial charge in [-0.25, -0.2) is 4.98 Å². The van der Waals surface area contributed by atoms with E-state index >= 15 is 0 Å². The standard InChI is InChI=1S/C21H21N3O4S2/c1-2-24(12-14-5-3-6-16-19(14)28-9-8-27-16)18(25)11-15-13-30-21(22-15)23-20(26)17-7-4-10-29-17/h3-7,10,13H,2,8-9,11-12H2,1H3,(H,22,23,26). The van der Waals surface area contributed by atoms with Crippen molar-refractivity contribution < 1.29 is 19.1 Å². The van der Waals surface area contributed by atoms with Crippen molar-refractivity contribution in [1.29, 1.82) is 0 Å². The number of anilines is 1. The first-order valence-electron chi connectivity index (χ1n) is 9.58. The van der Waals surface area contributed by atoms with Crippen LogP contribution < -0.4 is 14.8 Å². The molecule has 0 fully saturated rings. The molecule has 4 rings (SSSR count). The summed E-state index contributed by atoms with van der Waals surface area (Å²) in [4.78, 5) is 31.8. The second-order valence-electron chi connectivity index (χ2n) is 6.60. The summed E-state index contributed by atoms with van der Waals surface area (Å²) in [6.45, 7) is 3.98. The van der Waals surface area contributed by atoms with Gasteiger partial charge in [0.1, 0.15) is 13.2 Å². The zero-order valence-electron chi connectivity index (χ0n) is 16.4. The first-order chi connectivity index (χ1) is 14.6. The van der Waals surface area contributed by atoms with E-state index in [1.165, 1.54) is 22.7 Å². The fourth-order valence-electron chi connectivity index (χ4n) is 3.12. The van der Waals surface area contributed by atoms with E-state index in [9.17, 15) is 9.59 Å². The summed E-state index contributed by atoms with van der Waals surface area (Å²) in [6.07, 6.45) is 0.172. The van der Waals surface area contributed by atoms with Crippen molar-refractivity contribution in [3.8, 4) is 11.5 Å². The minimum Gasteiger partial charge on any atom is -0.486 e. The van der Waals surface area contributed by atoms with Crippen molar-refractivity contribution in [3.05, 3.63) is 57.2 Å². The fraction of sp³-hybridized carbons (Fsp3) is 0.286. The number of nitrogens with zero attached hydrogens (tertiary/aromatic N) is 2. The number of aromatic nitrogens is 1. The number of carbonyl (C=O) groups excluding carboxylic acids is 2. The number of hydrogen-bond acceptors (Lipinski definition) is 7. The molecule has 0 spiro atoms. The number of fused-ring (bicyclic) bond motifs is 1. The van der Waals surface area contributed by atoms with Gasteiger partial charge in [0.15, 0.2) is 16.6 Å². The van der Waals surface area contributed by atoms with Gasteiger partial charge in [-0.3, -0.25) is 14.9 Å². The molecule has 1 N–H and O–H groups in total. The van der Waals surface area contributed by atoms with Crippen LogP contribution in [0.1, 0.15) is 27.9 Å². The maximum atomic E-state index is 12.9. The average Bonchev–Trinajstić information content (AvgIpc) is 3.44. The number of ether oxygens (including phenoxy) is 2. The average molecular weight is 444 g/mol. The number of likely N-dealkylation sites (N-methyl/N-ethyl adjacent to an activating group) is 1. The van der Waals surface area contributed by atoms with E-state index in [0.717, 1.165) is 5.56 Å². The highest BCUT2D eigenvalue weighted by molar-refractivity contribution is 7.14. The van der Waals surface area contributed by atoms with Gasteiger partial charge in [-0.1, -0.05) is 18.2 Å². The summed E-state index contributed by atoms with van der Waals surface area (Å²) in [6, 6.07) is 9.31. The van der Waals surface area contributed by atoms with Gasteiger partial charge in [0, 0.05) is 24.0 Å². The Morgan fingerprint density at radius 3 is 2.83 bits per heavy atom.